The molecular formula is C18H36NO+. The zero-order valence-electron chi connectivity index (χ0n) is 14.5. The van der Waals surface area contributed by atoms with Crippen LogP contribution < -0.4 is 0 Å². The molecule has 1 atom stereocenters. The average molecular weight is 282 g/mol. The molecule has 0 bridgehead atoms. The van der Waals surface area contributed by atoms with Gasteiger partial charge in [-0.15, -0.1) is 0 Å². The molecular weight excluding hydrogens is 246 g/mol. The van der Waals surface area contributed by atoms with Crippen LogP contribution in [0.1, 0.15) is 71.6 Å². The molecule has 0 saturated carbocycles. The molecule has 0 saturated heterocycles. The number of quaternary nitrogens is 1. The van der Waals surface area contributed by atoms with Crippen molar-refractivity contribution >= 4 is 5.78 Å². The van der Waals surface area contributed by atoms with Gasteiger partial charge in [-0.05, 0) is 18.9 Å². The lowest BCUT2D eigenvalue weighted by Gasteiger charge is -2.33. The molecule has 0 aromatic carbocycles. The summed E-state index contributed by atoms with van der Waals surface area (Å²) in [6.07, 6.45) is 11.5. The first kappa shape index (κ1) is 19.4. The van der Waals surface area contributed by atoms with E-state index in [1.54, 1.807) is 0 Å². The number of unbranched alkanes of at least 4 members (excludes halogenated alkanes) is 7. The lowest BCUT2D eigenvalue weighted by atomic mass is 9.97. The third kappa shape index (κ3) is 8.52. The molecule has 0 spiro atoms. The van der Waals surface area contributed by atoms with Crippen LogP contribution in [-0.2, 0) is 4.79 Å². The van der Waals surface area contributed by atoms with Crippen LogP contribution in [0.15, 0.2) is 12.2 Å². The van der Waals surface area contributed by atoms with Gasteiger partial charge in [0.25, 0.3) is 0 Å². The molecule has 20 heavy (non-hydrogen) atoms. The van der Waals surface area contributed by atoms with Gasteiger partial charge in [0.1, 0.15) is 0 Å². The molecule has 0 aromatic heterocycles. The predicted molar refractivity (Wildman–Crippen MR) is 88.9 cm³/mol. The molecule has 0 radical (unpaired) electrons. The number of nitrogens with zero attached hydrogens (tertiary/aromatic N) is 1. The molecule has 0 heterocycles. The summed E-state index contributed by atoms with van der Waals surface area (Å²) in [6, 6.07) is 0.0765. The normalized spacial score (nSPS) is 13.2. The summed E-state index contributed by atoms with van der Waals surface area (Å²) < 4.78 is 0.711. The van der Waals surface area contributed by atoms with Crippen molar-refractivity contribution in [3.8, 4) is 0 Å². The van der Waals surface area contributed by atoms with E-state index in [4.69, 9.17) is 0 Å². The van der Waals surface area contributed by atoms with Crippen molar-refractivity contribution in [2.24, 2.45) is 0 Å². The van der Waals surface area contributed by atoms with Gasteiger partial charge in [-0.1, -0.05) is 58.4 Å². The van der Waals surface area contributed by atoms with Crippen molar-refractivity contribution in [2.75, 3.05) is 21.1 Å². The van der Waals surface area contributed by atoms with Crippen LogP contribution in [-0.4, -0.2) is 37.5 Å². The molecule has 0 amide bonds. The van der Waals surface area contributed by atoms with Crippen LogP contribution in [0.3, 0.4) is 0 Å². The lowest BCUT2D eigenvalue weighted by Crippen LogP contribution is -2.50. The van der Waals surface area contributed by atoms with E-state index >= 15 is 0 Å². The van der Waals surface area contributed by atoms with Crippen molar-refractivity contribution in [3.05, 3.63) is 12.2 Å². The Kier molecular flexibility index (Phi) is 9.83. The van der Waals surface area contributed by atoms with Crippen LogP contribution in [0.2, 0.25) is 0 Å². The number of Topliss-reactive ketones (excluding diaryl/α,β-unsaturated/α-hetero) is 1. The van der Waals surface area contributed by atoms with Crippen molar-refractivity contribution in [1.29, 1.82) is 0 Å². The summed E-state index contributed by atoms with van der Waals surface area (Å²) in [5, 5.41) is 0. The number of hydrogen-bond acceptors (Lipinski definition) is 1. The minimum Gasteiger partial charge on any atom is -0.322 e. The number of likely N-dealkylation sites (N-methyl/N-ethyl adjacent to an activating group) is 1. The topological polar surface area (TPSA) is 17.1 Å². The highest BCUT2D eigenvalue weighted by Gasteiger charge is 2.30. The third-order valence-electron chi connectivity index (χ3n) is 3.99. The van der Waals surface area contributed by atoms with E-state index in [1.165, 1.54) is 44.9 Å². The Morgan fingerprint density at radius 3 is 1.80 bits per heavy atom. The Hall–Kier alpha value is -0.630. The molecule has 0 aliphatic rings. The zero-order valence-corrected chi connectivity index (χ0v) is 14.5. The highest BCUT2D eigenvalue weighted by molar-refractivity contribution is 5.97. The van der Waals surface area contributed by atoms with Crippen LogP contribution in [0.25, 0.3) is 0 Å². The Bertz CT molecular complexity index is 288. The number of rotatable bonds is 12. The van der Waals surface area contributed by atoms with E-state index in [2.05, 4.69) is 34.6 Å². The largest absolute Gasteiger partial charge is 0.322 e. The van der Waals surface area contributed by atoms with E-state index in [1.807, 2.05) is 6.92 Å². The summed E-state index contributed by atoms with van der Waals surface area (Å²) in [6.45, 7) is 7.90. The third-order valence-corrected chi connectivity index (χ3v) is 3.99. The average Bonchev–Trinajstić information content (AvgIpc) is 2.34. The van der Waals surface area contributed by atoms with Crippen molar-refractivity contribution in [3.63, 3.8) is 0 Å². The van der Waals surface area contributed by atoms with Gasteiger partial charge in [-0.2, -0.15) is 0 Å². The fourth-order valence-electron chi connectivity index (χ4n) is 2.63. The van der Waals surface area contributed by atoms with E-state index in [-0.39, 0.29) is 11.8 Å². The zero-order chi connectivity index (χ0) is 15.6. The van der Waals surface area contributed by atoms with E-state index in [0.29, 0.717) is 10.1 Å². The summed E-state index contributed by atoms with van der Waals surface area (Å²) in [4.78, 5) is 12.2. The maximum atomic E-state index is 12.2. The van der Waals surface area contributed by atoms with Crippen LogP contribution in [0.4, 0.5) is 0 Å². The lowest BCUT2D eigenvalue weighted by molar-refractivity contribution is -0.886. The second-order valence-electron chi connectivity index (χ2n) is 7.04. The highest BCUT2D eigenvalue weighted by Crippen LogP contribution is 2.17. The van der Waals surface area contributed by atoms with Gasteiger partial charge in [0.05, 0.1) is 21.1 Å². The summed E-state index contributed by atoms with van der Waals surface area (Å²) in [5.41, 5.74) is 0.697. The summed E-state index contributed by atoms with van der Waals surface area (Å²) >= 11 is 0. The van der Waals surface area contributed by atoms with Gasteiger partial charge < -0.3 is 4.48 Å². The van der Waals surface area contributed by atoms with Gasteiger partial charge in [0.2, 0.25) is 5.78 Å². The minimum atomic E-state index is 0.0765. The fraction of sp³-hybridized carbons (Fsp3) is 0.833. The standard InChI is InChI=1S/C18H36NO/c1-7-8-9-10-11-12-13-14-15-17(19(4,5)6)18(20)16(2)3/h17H,2,7-15H2,1,3-6H3/q+1. The van der Waals surface area contributed by atoms with E-state index < -0.39 is 0 Å². The molecule has 0 aliphatic heterocycles. The molecule has 0 rings (SSSR count). The smallest absolute Gasteiger partial charge is 0.215 e. The summed E-state index contributed by atoms with van der Waals surface area (Å²) in [5.74, 6) is 0.237. The second kappa shape index (κ2) is 10.1. The Labute approximate surface area is 126 Å². The fourth-order valence-corrected chi connectivity index (χ4v) is 2.63. The first-order chi connectivity index (χ1) is 9.30. The van der Waals surface area contributed by atoms with Crippen LogP contribution in [0, 0.1) is 0 Å². The van der Waals surface area contributed by atoms with Crippen molar-refractivity contribution < 1.29 is 9.28 Å². The Morgan fingerprint density at radius 2 is 1.40 bits per heavy atom. The number of ketones is 1. The quantitative estimate of drug-likeness (QED) is 0.287. The van der Waals surface area contributed by atoms with Crippen LogP contribution >= 0.6 is 0 Å². The number of hydrogen-bond donors (Lipinski definition) is 0. The predicted octanol–water partition coefficient (Wildman–Crippen LogP) is 4.74. The molecule has 2 nitrogen and oxygen atoms in total. The van der Waals surface area contributed by atoms with Gasteiger partial charge >= 0.3 is 0 Å². The van der Waals surface area contributed by atoms with Crippen LogP contribution in [0.5, 0.6) is 0 Å². The van der Waals surface area contributed by atoms with E-state index in [0.717, 1.165) is 12.8 Å². The molecule has 0 aromatic rings. The van der Waals surface area contributed by atoms with Gasteiger partial charge in [-0.3, -0.25) is 4.79 Å². The van der Waals surface area contributed by atoms with Crippen molar-refractivity contribution in [1.82, 2.24) is 0 Å². The summed E-state index contributed by atoms with van der Waals surface area (Å²) in [7, 11) is 6.32. The van der Waals surface area contributed by atoms with Gasteiger partial charge in [-0.25, -0.2) is 0 Å². The molecule has 0 fully saturated rings. The maximum absolute atomic E-state index is 12.2. The van der Waals surface area contributed by atoms with E-state index in [9.17, 15) is 4.79 Å². The number of carbonyl (C=O) groups excluding carboxylic acids is 1. The molecule has 1 unspecified atom stereocenters. The number of carbonyl (C=O) groups is 1. The molecule has 118 valence electrons. The van der Waals surface area contributed by atoms with Crippen molar-refractivity contribution in [2.45, 2.75) is 77.7 Å². The SMILES string of the molecule is C=C(C)C(=O)C(CCCCCCCCCC)[N+](C)(C)C. The van der Waals surface area contributed by atoms with Gasteiger partial charge in [0, 0.05) is 6.42 Å². The first-order valence-corrected chi connectivity index (χ1v) is 8.31. The second-order valence-corrected chi connectivity index (χ2v) is 7.04. The molecule has 0 aliphatic carbocycles. The maximum Gasteiger partial charge on any atom is 0.215 e. The monoisotopic (exact) mass is 282 g/mol. The van der Waals surface area contributed by atoms with Gasteiger partial charge in [0.15, 0.2) is 6.04 Å². The molecule has 2 heteroatoms. The minimum absolute atomic E-state index is 0.0765. The Balaban J connectivity index is 3.93. The Morgan fingerprint density at radius 1 is 0.950 bits per heavy atom. The first-order valence-electron chi connectivity index (χ1n) is 8.31. The molecule has 0 N–H and O–H groups in total. The highest BCUT2D eigenvalue weighted by atomic mass is 16.1.